The molecule has 0 bridgehead atoms. The van der Waals surface area contributed by atoms with Gasteiger partial charge in [0.1, 0.15) is 11.4 Å². The Hall–Kier alpha value is -2.60. The van der Waals surface area contributed by atoms with Gasteiger partial charge in [-0.2, -0.15) is 0 Å². The highest BCUT2D eigenvalue weighted by atomic mass is 35.5. The van der Waals surface area contributed by atoms with E-state index < -0.39 is 5.60 Å². The van der Waals surface area contributed by atoms with Crippen molar-refractivity contribution in [2.45, 2.75) is 37.8 Å². The number of benzene rings is 1. The van der Waals surface area contributed by atoms with Gasteiger partial charge in [-0.1, -0.05) is 17.7 Å². The normalized spacial score (nSPS) is 23.9. The predicted molar refractivity (Wildman–Crippen MR) is 105 cm³/mol. The molecule has 0 atom stereocenters. The van der Waals surface area contributed by atoms with Gasteiger partial charge in [0.2, 0.25) is 5.91 Å². The molecule has 1 aliphatic carbocycles. The number of amides is 2. The van der Waals surface area contributed by atoms with Gasteiger partial charge in [0.15, 0.2) is 0 Å². The lowest BCUT2D eigenvalue weighted by molar-refractivity contribution is -0.127. The second-order valence-corrected chi connectivity index (χ2v) is 7.90. The van der Waals surface area contributed by atoms with Crippen LogP contribution in [-0.4, -0.2) is 28.9 Å². The van der Waals surface area contributed by atoms with Crippen LogP contribution in [0.5, 0.6) is 5.75 Å². The molecular formula is C21H22ClN3O3. The van der Waals surface area contributed by atoms with Crippen molar-refractivity contribution < 1.29 is 14.3 Å². The molecule has 1 aliphatic heterocycles. The first-order valence-electron chi connectivity index (χ1n) is 9.48. The fourth-order valence-corrected chi connectivity index (χ4v) is 4.07. The molecule has 2 aromatic rings. The SMILES string of the molecule is O=C1NCC2(CCC(C(=O)NCc3cccnc3)CC2)Oc2ccc(Cl)cc21. The Bertz CT molecular complexity index is 880. The van der Waals surface area contributed by atoms with E-state index in [2.05, 4.69) is 15.6 Å². The Balaban J connectivity index is 1.38. The summed E-state index contributed by atoms with van der Waals surface area (Å²) in [5, 5.41) is 6.45. The molecular weight excluding hydrogens is 378 g/mol. The lowest BCUT2D eigenvalue weighted by Gasteiger charge is -2.39. The first kappa shape index (κ1) is 18.7. The number of hydrogen-bond acceptors (Lipinski definition) is 4. The van der Waals surface area contributed by atoms with Crippen LogP contribution in [-0.2, 0) is 11.3 Å². The van der Waals surface area contributed by atoms with E-state index >= 15 is 0 Å². The zero-order chi connectivity index (χ0) is 19.6. The zero-order valence-corrected chi connectivity index (χ0v) is 16.2. The molecule has 1 aromatic heterocycles. The number of aromatic nitrogens is 1. The summed E-state index contributed by atoms with van der Waals surface area (Å²) in [4.78, 5) is 29.0. The number of ether oxygens (including phenoxy) is 1. The molecule has 1 aromatic carbocycles. The molecule has 2 N–H and O–H groups in total. The number of rotatable bonds is 3. The minimum Gasteiger partial charge on any atom is -0.485 e. The molecule has 1 fully saturated rings. The van der Waals surface area contributed by atoms with Crippen molar-refractivity contribution in [2.24, 2.45) is 5.92 Å². The summed E-state index contributed by atoms with van der Waals surface area (Å²) in [5.74, 6) is 0.391. The van der Waals surface area contributed by atoms with E-state index in [4.69, 9.17) is 16.3 Å². The monoisotopic (exact) mass is 399 g/mol. The topological polar surface area (TPSA) is 80.3 Å². The van der Waals surface area contributed by atoms with E-state index in [1.807, 2.05) is 12.1 Å². The summed E-state index contributed by atoms with van der Waals surface area (Å²) < 4.78 is 6.29. The summed E-state index contributed by atoms with van der Waals surface area (Å²) in [6, 6.07) is 8.90. The van der Waals surface area contributed by atoms with Crippen LogP contribution < -0.4 is 15.4 Å². The third-order valence-electron chi connectivity index (χ3n) is 5.54. The van der Waals surface area contributed by atoms with Crippen LogP contribution >= 0.6 is 11.6 Å². The van der Waals surface area contributed by atoms with E-state index in [0.717, 1.165) is 18.4 Å². The van der Waals surface area contributed by atoms with Gasteiger partial charge in [0, 0.05) is 29.9 Å². The number of hydrogen-bond donors (Lipinski definition) is 2. The third kappa shape index (κ3) is 3.97. The van der Waals surface area contributed by atoms with E-state index in [0.29, 0.717) is 42.3 Å². The summed E-state index contributed by atoms with van der Waals surface area (Å²) >= 11 is 6.02. The minimum atomic E-state index is -0.477. The van der Waals surface area contributed by atoms with Crippen molar-refractivity contribution in [3.8, 4) is 5.75 Å². The molecule has 146 valence electrons. The van der Waals surface area contributed by atoms with Crippen LogP contribution in [0.25, 0.3) is 0 Å². The molecule has 1 spiro atoms. The van der Waals surface area contributed by atoms with E-state index in [-0.39, 0.29) is 17.7 Å². The van der Waals surface area contributed by atoms with E-state index in [1.54, 1.807) is 30.6 Å². The number of halogens is 1. The molecule has 0 saturated heterocycles. The maximum absolute atomic E-state index is 12.5. The van der Waals surface area contributed by atoms with Crippen molar-refractivity contribution in [2.75, 3.05) is 6.54 Å². The van der Waals surface area contributed by atoms with Crippen LogP contribution in [0, 0.1) is 5.92 Å². The molecule has 4 rings (SSSR count). The van der Waals surface area contributed by atoms with Crippen LogP contribution in [0.15, 0.2) is 42.7 Å². The lowest BCUT2D eigenvalue weighted by Crippen LogP contribution is -2.49. The van der Waals surface area contributed by atoms with Crippen molar-refractivity contribution in [3.05, 3.63) is 58.9 Å². The van der Waals surface area contributed by atoms with Gasteiger partial charge in [-0.3, -0.25) is 14.6 Å². The Labute approximate surface area is 168 Å². The molecule has 2 amide bonds. The van der Waals surface area contributed by atoms with Crippen LogP contribution in [0.3, 0.4) is 0 Å². The number of nitrogens with one attached hydrogen (secondary N) is 2. The fourth-order valence-electron chi connectivity index (χ4n) is 3.90. The maximum Gasteiger partial charge on any atom is 0.255 e. The van der Waals surface area contributed by atoms with Gasteiger partial charge in [-0.25, -0.2) is 0 Å². The van der Waals surface area contributed by atoms with Gasteiger partial charge in [-0.15, -0.1) is 0 Å². The summed E-state index contributed by atoms with van der Waals surface area (Å²) in [7, 11) is 0. The van der Waals surface area contributed by atoms with Gasteiger partial charge in [0.05, 0.1) is 12.1 Å². The number of pyridine rings is 1. The number of carbonyl (C=O) groups is 2. The summed E-state index contributed by atoms with van der Waals surface area (Å²) in [6.07, 6.45) is 6.32. The van der Waals surface area contributed by atoms with Crippen molar-refractivity contribution in [1.82, 2.24) is 15.6 Å². The van der Waals surface area contributed by atoms with Gasteiger partial charge >= 0.3 is 0 Å². The molecule has 1 saturated carbocycles. The third-order valence-corrected chi connectivity index (χ3v) is 5.78. The molecule has 2 aliphatic rings. The van der Waals surface area contributed by atoms with Crippen LogP contribution in [0.2, 0.25) is 5.02 Å². The van der Waals surface area contributed by atoms with Crippen molar-refractivity contribution in [3.63, 3.8) is 0 Å². The average molecular weight is 400 g/mol. The maximum atomic E-state index is 12.5. The average Bonchev–Trinajstić information content (AvgIpc) is 2.85. The Morgan fingerprint density at radius 1 is 1.32 bits per heavy atom. The smallest absolute Gasteiger partial charge is 0.255 e. The van der Waals surface area contributed by atoms with Crippen molar-refractivity contribution >= 4 is 23.4 Å². The van der Waals surface area contributed by atoms with E-state index in [9.17, 15) is 9.59 Å². The lowest BCUT2D eigenvalue weighted by atomic mass is 9.78. The Kier molecular flexibility index (Phi) is 5.22. The molecule has 7 heteroatoms. The predicted octanol–water partition coefficient (Wildman–Crippen LogP) is 3.10. The zero-order valence-electron chi connectivity index (χ0n) is 15.4. The fraction of sp³-hybridized carbons (Fsp3) is 0.381. The first-order chi connectivity index (χ1) is 13.5. The second kappa shape index (κ2) is 7.80. The van der Waals surface area contributed by atoms with Crippen LogP contribution in [0.4, 0.5) is 0 Å². The highest BCUT2D eigenvalue weighted by Crippen LogP contribution is 2.38. The largest absolute Gasteiger partial charge is 0.485 e. The molecule has 2 heterocycles. The van der Waals surface area contributed by atoms with Gasteiger partial charge in [-0.05, 0) is 55.5 Å². The highest BCUT2D eigenvalue weighted by molar-refractivity contribution is 6.31. The molecule has 28 heavy (non-hydrogen) atoms. The molecule has 0 radical (unpaired) electrons. The quantitative estimate of drug-likeness (QED) is 0.831. The highest BCUT2D eigenvalue weighted by Gasteiger charge is 2.41. The standard InChI is InChI=1S/C21H22ClN3O3/c22-16-3-4-18-17(10-16)20(27)25-13-21(28-18)7-5-15(6-8-21)19(26)24-12-14-2-1-9-23-11-14/h1-4,9-11,15H,5-8,12-13H2,(H,24,26)(H,25,27). The van der Waals surface area contributed by atoms with Crippen molar-refractivity contribution in [1.29, 1.82) is 0 Å². The van der Waals surface area contributed by atoms with Gasteiger partial charge in [0.25, 0.3) is 5.91 Å². The Morgan fingerprint density at radius 2 is 2.14 bits per heavy atom. The summed E-state index contributed by atoms with van der Waals surface area (Å²) in [6.45, 7) is 0.914. The molecule has 6 nitrogen and oxygen atoms in total. The minimum absolute atomic E-state index is 0.0467. The summed E-state index contributed by atoms with van der Waals surface area (Å²) in [5.41, 5.74) is 0.962. The van der Waals surface area contributed by atoms with Gasteiger partial charge < -0.3 is 15.4 Å². The van der Waals surface area contributed by atoms with E-state index in [1.165, 1.54) is 0 Å². The number of fused-ring (bicyclic) bond motifs is 1. The molecule has 0 unspecified atom stereocenters. The second-order valence-electron chi connectivity index (χ2n) is 7.46. The number of nitrogens with zero attached hydrogens (tertiary/aromatic N) is 1. The first-order valence-corrected chi connectivity index (χ1v) is 9.86. The number of carbonyl (C=O) groups excluding carboxylic acids is 2. The Morgan fingerprint density at radius 3 is 2.89 bits per heavy atom. The van der Waals surface area contributed by atoms with Crippen LogP contribution in [0.1, 0.15) is 41.6 Å².